The minimum absolute atomic E-state index is 0.0187. The lowest BCUT2D eigenvalue weighted by Gasteiger charge is -2.19. The number of sulfonamides is 1. The van der Waals surface area contributed by atoms with Crippen LogP contribution in [0.2, 0.25) is 0 Å². The van der Waals surface area contributed by atoms with Crippen molar-refractivity contribution in [1.29, 1.82) is 0 Å². The lowest BCUT2D eigenvalue weighted by molar-refractivity contribution is -0.116. The van der Waals surface area contributed by atoms with Crippen LogP contribution in [0.25, 0.3) is 0 Å². The van der Waals surface area contributed by atoms with Crippen LogP contribution in [-0.4, -0.2) is 25.9 Å². The third kappa shape index (κ3) is 4.73. The largest absolute Gasteiger partial charge is 0.311 e. The molecule has 27 heavy (non-hydrogen) atoms. The summed E-state index contributed by atoms with van der Waals surface area (Å²) in [6.07, 6.45) is 0.0246. The number of nitrogens with zero attached hydrogens (tertiary/aromatic N) is 1. The van der Waals surface area contributed by atoms with Crippen LogP contribution in [0.4, 0.5) is 5.82 Å². The van der Waals surface area contributed by atoms with Gasteiger partial charge in [0.05, 0.1) is 4.90 Å². The monoisotopic (exact) mass is 389 g/mol. The predicted molar refractivity (Wildman–Crippen MR) is 108 cm³/mol. The summed E-state index contributed by atoms with van der Waals surface area (Å²) in [6.45, 7) is 11.3. The summed E-state index contributed by atoms with van der Waals surface area (Å²) in [5.41, 5.74) is 5.34. The Labute approximate surface area is 161 Å². The minimum Gasteiger partial charge on any atom is -0.311 e. The molecule has 0 saturated carbocycles. The lowest BCUT2D eigenvalue weighted by Crippen LogP contribution is -2.29. The molecular formula is C20H27N3O3S. The van der Waals surface area contributed by atoms with E-state index in [1.807, 2.05) is 47.6 Å². The van der Waals surface area contributed by atoms with Crippen molar-refractivity contribution in [3.05, 3.63) is 51.7 Å². The molecule has 1 aromatic carbocycles. The maximum absolute atomic E-state index is 12.8. The van der Waals surface area contributed by atoms with E-state index in [1.165, 1.54) is 0 Å². The van der Waals surface area contributed by atoms with Crippen molar-refractivity contribution >= 4 is 21.7 Å². The molecule has 0 fully saturated rings. The van der Waals surface area contributed by atoms with Crippen LogP contribution < -0.4 is 10.0 Å². The normalized spacial score (nSPS) is 11.5. The fourth-order valence-corrected chi connectivity index (χ4v) is 4.69. The predicted octanol–water partition coefficient (Wildman–Crippen LogP) is 3.24. The Hall–Kier alpha value is -2.25. The van der Waals surface area contributed by atoms with Gasteiger partial charge in [0.2, 0.25) is 15.9 Å². The summed E-state index contributed by atoms with van der Waals surface area (Å²) < 4.78 is 28.2. The minimum atomic E-state index is -3.70. The van der Waals surface area contributed by atoms with Gasteiger partial charge in [0, 0.05) is 18.7 Å². The Balaban J connectivity index is 2.09. The molecule has 0 aliphatic rings. The van der Waals surface area contributed by atoms with E-state index in [0.29, 0.717) is 10.7 Å². The second-order valence-electron chi connectivity index (χ2n) is 6.81. The number of aromatic nitrogens is 1. The molecule has 1 amide bonds. The quantitative estimate of drug-likeness (QED) is 0.794. The summed E-state index contributed by atoms with van der Waals surface area (Å²) >= 11 is 0. The number of hydrogen-bond acceptors (Lipinski definition) is 4. The Morgan fingerprint density at radius 1 is 0.926 bits per heavy atom. The van der Waals surface area contributed by atoms with Gasteiger partial charge in [-0.15, -0.1) is 0 Å². The topological polar surface area (TPSA) is 88.2 Å². The number of hydrogen-bond donors (Lipinski definition) is 2. The number of amides is 1. The number of pyridine rings is 1. The van der Waals surface area contributed by atoms with Gasteiger partial charge >= 0.3 is 0 Å². The van der Waals surface area contributed by atoms with E-state index in [2.05, 4.69) is 15.0 Å². The highest BCUT2D eigenvalue weighted by Crippen LogP contribution is 2.29. The second kappa shape index (κ2) is 8.19. The molecule has 0 spiro atoms. The number of rotatable bonds is 6. The first kappa shape index (κ1) is 21.1. The molecule has 0 saturated heterocycles. The SMILES string of the molecule is Cc1cccc(NC(=O)CCNS(=O)(=O)c2c(C)c(C)c(C)c(C)c2C)n1. The zero-order valence-corrected chi connectivity index (χ0v) is 17.5. The van der Waals surface area contributed by atoms with Crippen molar-refractivity contribution < 1.29 is 13.2 Å². The van der Waals surface area contributed by atoms with Gasteiger partial charge in [0.1, 0.15) is 5.82 Å². The van der Waals surface area contributed by atoms with Crippen molar-refractivity contribution in [3.8, 4) is 0 Å². The van der Waals surface area contributed by atoms with Crippen LogP contribution in [0.15, 0.2) is 23.1 Å². The van der Waals surface area contributed by atoms with E-state index in [1.54, 1.807) is 12.1 Å². The molecular weight excluding hydrogens is 362 g/mol. The number of anilines is 1. The fraction of sp³-hybridized carbons (Fsp3) is 0.400. The summed E-state index contributed by atoms with van der Waals surface area (Å²) in [5.74, 6) is 0.167. The Kier molecular flexibility index (Phi) is 6.38. The van der Waals surface area contributed by atoms with E-state index in [4.69, 9.17) is 0 Å². The number of aryl methyl sites for hydroxylation is 1. The van der Waals surface area contributed by atoms with Gasteiger partial charge in [0.15, 0.2) is 0 Å². The Bertz CT molecular complexity index is 953. The molecule has 2 aromatic rings. The molecule has 2 N–H and O–H groups in total. The zero-order chi connectivity index (χ0) is 20.4. The lowest BCUT2D eigenvalue weighted by atomic mass is 9.95. The summed E-state index contributed by atoms with van der Waals surface area (Å²) in [6, 6.07) is 5.33. The van der Waals surface area contributed by atoms with Gasteiger partial charge in [-0.3, -0.25) is 4.79 Å². The molecule has 146 valence electrons. The van der Waals surface area contributed by atoms with Crippen LogP contribution in [0.5, 0.6) is 0 Å². The van der Waals surface area contributed by atoms with Crippen molar-refractivity contribution in [2.24, 2.45) is 0 Å². The molecule has 0 radical (unpaired) electrons. The van der Waals surface area contributed by atoms with E-state index < -0.39 is 10.0 Å². The average Bonchev–Trinajstić information content (AvgIpc) is 2.58. The summed E-state index contributed by atoms with van der Waals surface area (Å²) in [5, 5.41) is 2.67. The first-order valence-electron chi connectivity index (χ1n) is 8.84. The highest BCUT2D eigenvalue weighted by Gasteiger charge is 2.23. The maximum Gasteiger partial charge on any atom is 0.241 e. The average molecular weight is 390 g/mol. The van der Waals surface area contributed by atoms with Gasteiger partial charge in [-0.1, -0.05) is 6.07 Å². The van der Waals surface area contributed by atoms with E-state index in [9.17, 15) is 13.2 Å². The number of nitrogens with one attached hydrogen (secondary N) is 2. The van der Waals surface area contributed by atoms with E-state index in [0.717, 1.165) is 33.5 Å². The van der Waals surface area contributed by atoms with Gasteiger partial charge < -0.3 is 5.32 Å². The summed E-state index contributed by atoms with van der Waals surface area (Å²) in [7, 11) is -3.70. The number of carbonyl (C=O) groups is 1. The summed E-state index contributed by atoms with van der Waals surface area (Å²) in [4.78, 5) is 16.6. The highest BCUT2D eigenvalue weighted by molar-refractivity contribution is 7.89. The van der Waals surface area contributed by atoms with Crippen LogP contribution >= 0.6 is 0 Å². The van der Waals surface area contributed by atoms with Crippen LogP contribution in [-0.2, 0) is 14.8 Å². The number of benzene rings is 1. The molecule has 0 unspecified atom stereocenters. The molecule has 7 heteroatoms. The van der Waals surface area contributed by atoms with Crippen molar-refractivity contribution in [2.45, 2.75) is 52.9 Å². The molecule has 1 heterocycles. The Morgan fingerprint density at radius 2 is 1.48 bits per heavy atom. The Morgan fingerprint density at radius 3 is 2.04 bits per heavy atom. The van der Waals surface area contributed by atoms with Gasteiger partial charge in [-0.05, 0) is 81.5 Å². The maximum atomic E-state index is 12.8. The van der Waals surface area contributed by atoms with Crippen LogP contribution in [0.1, 0.15) is 39.9 Å². The third-order valence-corrected chi connectivity index (χ3v) is 6.73. The zero-order valence-electron chi connectivity index (χ0n) is 16.7. The van der Waals surface area contributed by atoms with Crippen molar-refractivity contribution in [2.75, 3.05) is 11.9 Å². The van der Waals surface area contributed by atoms with Gasteiger partial charge in [-0.25, -0.2) is 18.1 Å². The third-order valence-electron chi connectivity index (χ3n) is 5.00. The first-order chi connectivity index (χ1) is 12.5. The smallest absolute Gasteiger partial charge is 0.241 e. The molecule has 0 bridgehead atoms. The van der Waals surface area contributed by atoms with Gasteiger partial charge in [-0.2, -0.15) is 0 Å². The first-order valence-corrected chi connectivity index (χ1v) is 10.3. The second-order valence-corrected chi connectivity index (χ2v) is 8.52. The van der Waals surface area contributed by atoms with Crippen molar-refractivity contribution in [3.63, 3.8) is 0 Å². The fourth-order valence-electron chi connectivity index (χ4n) is 3.06. The molecule has 2 rings (SSSR count). The molecule has 1 aromatic heterocycles. The van der Waals surface area contributed by atoms with Crippen LogP contribution in [0, 0.1) is 41.5 Å². The van der Waals surface area contributed by atoms with E-state index in [-0.39, 0.29) is 18.9 Å². The van der Waals surface area contributed by atoms with Crippen molar-refractivity contribution in [1.82, 2.24) is 9.71 Å². The standard InChI is InChI=1S/C20H27N3O3S/c1-12-8-7-9-18(22-12)23-19(24)10-11-21-27(25,26)20-16(5)14(3)13(2)15(4)17(20)6/h7-9,21H,10-11H2,1-6H3,(H,22,23,24). The highest BCUT2D eigenvalue weighted by atomic mass is 32.2. The molecule has 0 atom stereocenters. The molecule has 0 aliphatic carbocycles. The van der Waals surface area contributed by atoms with E-state index >= 15 is 0 Å². The molecule has 0 aliphatic heterocycles. The van der Waals surface area contributed by atoms with Crippen LogP contribution in [0.3, 0.4) is 0 Å². The molecule has 6 nitrogen and oxygen atoms in total. The number of carbonyl (C=O) groups excluding carboxylic acids is 1. The van der Waals surface area contributed by atoms with Gasteiger partial charge in [0.25, 0.3) is 0 Å².